The first-order valence-electron chi connectivity index (χ1n) is 10.5. The number of amides is 2. The number of benzene rings is 2. The lowest BCUT2D eigenvalue weighted by Crippen LogP contribution is -2.34. The van der Waals surface area contributed by atoms with E-state index in [9.17, 15) is 9.59 Å². The van der Waals surface area contributed by atoms with Crippen LogP contribution in [-0.4, -0.2) is 18.4 Å². The Labute approximate surface area is 187 Å². The largest absolute Gasteiger partial charge is 0.345 e. The van der Waals surface area contributed by atoms with E-state index < -0.39 is 0 Å². The average molecular weight is 436 g/mol. The third-order valence-electron chi connectivity index (χ3n) is 5.09. The minimum absolute atomic E-state index is 0.107. The van der Waals surface area contributed by atoms with Crippen molar-refractivity contribution in [1.29, 1.82) is 0 Å². The van der Waals surface area contributed by atoms with Crippen LogP contribution in [0.25, 0.3) is 0 Å². The minimum atomic E-state index is -0.223. The SMILES string of the molecule is CC(NC(=O)c1ccccc1NC(=O)CNC(c1cccs1)C(C)C)c1ccccc1. The molecule has 5 nitrogen and oxygen atoms in total. The first-order valence-corrected chi connectivity index (χ1v) is 11.3. The molecule has 0 aliphatic rings. The van der Waals surface area contributed by atoms with Crippen molar-refractivity contribution in [3.63, 3.8) is 0 Å². The molecule has 0 saturated carbocycles. The predicted octanol–water partition coefficient (Wildman–Crippen LogP) is 5.16. The number of carbonyl (C=O) groups is 2. The normalized spacial score (nSPS) is 12.9. The van der Waals surface area contributed by atoms with E-state index in [0.717, 1.165) is 5.56 Å². The summed E-state index contributed by atoms with van der Waals surface area (Å²) < 4.78 is 0. The van der Waals surface area contributed by atoms with Crippen LogP contribution in [0.3, 0.4) is 0 Å². The maximum Gasteiger partial charge on any atom is 0.253 e. The molecule has 3 N–H and O–H groups in total. The van der Waals surface area contributed by atoms with Crippen LogP contribution in [-0.2, 0) is 4.79 Å². The van der Waals surface area contributed by atoms with E-state index in [2.05, 4.69) is 35.9 Å². The van der Waals surface area contributed by atoms with Gasteiger partial charge < -0.3 is 16.0 Å². The van der Waals surface area contributed by atoms with E-state index in [1.165, 1.54) is 4.88 Å². The van der Waals surface area contributed by atoms with Gasteiger partial charge in [-0.25, -0.2) is 0 Å². The second-order valence-electron chi connectivity index (χ2n) is 7.82. The van der Waals surface area contributed by atoms with E-state index in [-0.39, 0.29) is 30.4 Å². The summed E-state index contributed by atoms with van der Waals surface area (Å²) in [5.41, 5.74) is 1.97. The number of carbonyl (C=O) groups excluding carboxylic acids is 2. The lowest BCUT2D eigenvalue weighted by molar-refractivity contribution is -0.115. The molecule has 6 heteroatoms. The van der Waals surface area contributed by atoms with Crippen LogP contribution in [0.5, 0.6) is 0 Å². The highest BCUT2D eigenvalue weighted by molar-refractivity contribution is 7.10. The molecule has 162 valence electrons. The van der Waals surface area contributed by atoms with E-state index in [0.29, 0.717) is 17.2 Å². The lowest BCUT2D eigenvalue weighted by Gasteiger charge is -2.21. The zero-order chi connectivity index (χ0) is 22.2. The number of nitrogens with one attached hydrogen (secondary N) is 3. The van der Waals surface area contributed by atoms with Gasteiger partial charge in [-0.15, -0.1) is 11.3 Å². The summed E-state index contributed by atoms with van der Waals surface area (Å²) in [5, 5.41) is 11.3. The zero-order valence-electron chi connectivity index (χ0n) is 18.1. The smallest absolute Gasteiger partial charge is 0.253 e. The molecule has 2 aromatic carbocycles. The fraction of sp³-hybridized carbons (Fsp3) is 0.280. The van der Waals surface area contributed by atoms with Crippen LogP contribution >= 0.6 is 11.3 Å². The Hall–Kier alpha value is -2.96. The molecule has 0 fully saturated rings. The van der Waals surface area contributed by atoms with Gasteiger partial charge in [0.05, 0.1) is 23.8 Å². The van der Waals surface area contributed by atoms with E-state index in [1.807, 2.05) is 54.8 Å². The molecular formula is C25H29N3O2S. The highest BCUT2D eigenvalue weighted by Gasteiger charge is 2.19. The highest BCUT2D eigenvalue weighted by atomic mass is 32.1. The van der Waals surface area contributed by atoms with Gasteiger partial charge in [-0.2, -0.15) is 0 Å². The Balaban J connectivity index is 1.63. The molecule has 0 bridgehead atoms. The van der Waals surface area contributed by atoms with Crippen molar-refractivity contribution >= 4 is 28.8 Å². The van der Waals surface area contributed by atoms with Crippen LogP contribution in [0, 0.1) is 5.92 Å². The van der Waals surface area contributed by atoms with Crippen molar-refractivity contribution in [2.75, 3.05) is 11.9 Å². The van der Waals surface area contributed by atoms with Gasteiger partial charge >= 0.3 is 0 Å². The molecule has 2 atom stereocenters. The van der Waals surface area contributed by atoms with Crippen molar-refractivity contribution in [3.05, 3.63) is 88.1 Å². The van der Waals surface area contributed by atoms with Crippen molar-refractivity contribution in [1.82, 2.24) is 10.6 Å². The molecule has 0 saturated heterocycles. The molecule has 0 aliphatic heterocycles. The van der Waals surface area contributed by atoms with Gasteiger partial charge in [0.25, 0.3) is 5.91 Å². The summed E-state index contributed by atoms with van der Waals surface area (Å²) in [6, 6.07) is 20.9. The summed E-state index contributed by atoms with van der Waals surface area (Å²) >= 11 is 1.68. The standard InChI is InChI=1S/C25H29N3O2S/c1-17(2)24(22-14-9-15-31-22)26-16-23(29)28-21-13-8-7-12-20(21)25(30)27-18(3)19-10-5-4-6-11-19/h4-15,17-18,24,26H,16H2,1-3H3,(H,27,30)(H,28,29). The molecular weight excluding hydrogens is 406 g/mol. The highest BCUT2D eigenvalue weighted by Crippen LogP contribution is 2.25. The van der Waals surface area contributed by atoms with Gasteiger partial charge in [0, 0.05) is 10.9 Å². The summed E-state index contributed by atoms with van der Waals surface area (Å²) in [5.74, 6) is -0.0543. The van der Waals surface area contributed by atoms with Crippen LogP contribution in [0.2, 0.25) is 0 Å². The summed E-state index contributed by atoms with van der Waals surface area (Å²) in [6.45, 7) is 6.36. The van der Waals surface area contributed by atoms with Gasteiger partial charge in [0.15, 0.2) is 0 Å². The Morgan fingerprint density at radius 2 is 1.61 bits per heavy atom. The first-order chi connectivity index (χ1) is 15.0. The summed E-state index contributed by atoms with van der Waals surface area (Å²) in [7, 11) is 0. The minimum Gasteiger partial charge on any atom is -0.345 e. The second kappa shape index (κ2) is 10.9. The number of para-hydroxylation sites is 1. The molecule has 1 aromatic heterocycles. The third-order valence-corrected chi connectivity index (χ3v) is 6.05. The lowest BCUT2D eigenvalue weighted by atomic mass is 10.0. The van der Waals surface area contributed by atoms with Crippen LogP contribution in [0.4, 0.5) is 5.69 Å². The molecule has 0 spiro atoms. The fourth-order valence-corrected chi connectivity index (χ4v) is 4.39. The molecule has 2 amide bonds. The van der Waals surface area contributed by atoms with Gasteiger partial charge in [0.1, 0.15) is 0 Å². The van der Waals surface area contributed by atoms with Gasteiger partial charge in [0.2, 0.25) is 5.91 Å². The fourth-order valence-electron chi connectivity index (χ4n) is 3.42. The Bertz CT molecular complexity index is 987. The monoisotopic (exact) mass is 435 g/mol. The quantitative estimate of drug-likeness (QED) is 0.435. The Morgan fingerprint density at radius 3 is 2.29 bits per heavy atom. The van der Waals surface area contributed by atoms with Crippen LogP contribution in [0.1, 0.15) is 53.7 Å². The Kier molecular flexibility index (Phi) is 7.98. The van der Waals surface area contributed by atoms with Gasteiger partial charge in [-0.3, -0.25) is 9.59 Å². The summed E-state index contributed by atoms with van der Waals surface area (Å²) in [6.07, 6.45) is 0. The van der Waals surface area contributed by atoms with Gasteiger partial charge in [-0.05, 0) is 42.0 Å². The molecule has 0 aliphatic carbocycles. The third kappa shape index (κ3) is 6.26. The maximum atomic E-state index is 12.9. The second-order valence-corrected chi connectivity index (χ2v) is 8.80. The average Bonchev–Trinajstić information content (AvgIpc) is 3.29. The van der Waals surface area contributed by atoms with Crippen LogP contribution in [0.15, 0.2) is 72.1 Å². The maximum absolute atomic E-state index is 12.9. The predicted molar refractivity (Wildman–Crippen MR) is 127 cm³/mol. The number of anilines is 1. The number of thiophene rings is 1. The van der Waals surface area contributed by atoms with Crippen molar-refractivity contribution < 1.29 is 9.59 Å². The van der Waals surface area contributed by atoms with Crippen molar-refractivity contribution in [2.24, 2.45) is 5.92 Å². The number of hydrogen-bond acceptors (Lipinski definition) is 4. The van der Waals surface area contributed by atoms with Crippen molar-refractivity contribution in [3.8, 4) is 0 Å². The van der Waals surface area contributed by atoms with Gasteiger partial charge in [-0.1, -0.05) is 62.4 Å². The molecule has 1 heterocycles. The topological polar surface area (TPSA) is 70.2 Å². The van der Waals surface area contributed by atoms with Crippen molar-refractivity contribution in [2.45, 2.75) is 32.9 Å². The molecule has 2 unspecified atom stereocenters. The first kappa shape index (κ1) is 22.7. The van der Waals surface area contributed by atoms with E-state index in [1.54, 1.807) is 29.5 Å². The zero-order valence-corrected chi connectivity index (χ0v) is 18.9. The molecule has 0 radical (unpaired) electrons. The number of hydrogen-bond donors (Lipinski definition) is 3. The number of rotatable bonds is 9. The van der Waals surface area contributed by atoms with E-state index >= 15 is 0 Å². The summed E-state index contributed by atoms with van der Waals surface area (Å²) in [4.78, 5) is 26.7. The molecule has 3 rings (SSSR count). The Morgan fingerprint density at radius 1 is 0.903 bits per heavy atom. The van der Waals surface area contributed by atoms with Crippen LogP contribution < -0.4 is 16.0 Å². The molecule has 31 heavy (non-hydrogen) atoms. The molecule has 3 aromatic rings. The van der Waals surface area contributed by atoms with E-state index in [4.69, 9.17) is 0 Å².